The van der Waals surface area contributed by atoms with Gasteiger partial charge in [0.1, 0.15) is 6.04 Å². The average molecular weight is 292 g/mol. The van der Waals surface area contributed by atoms with Gasteiger partial charge < -0.3 is 4.90 Å². The molecule has 1 aromatic rings. The molecule has 1 aromatic carbocycles. The van der Waals surface area contributed by atoms with Crippen molar-refractivity contribution in [1.29, 1.82) is 0 Å². The highest BCUT2D eigenvalue weighted by Gasteiger charge is 2.38. The molecule has 4 heteroatoms. The number of carbonyl (C=O) groups is 1. The molecule has 1 saturated heterocycles. The van der Waals surface area contributed by atoms with Crippen LogP contribution >= 0.6 is 11.8 Å². The predicted octanol–water partition coefficient (Wildman–Crippen LogP) is 3.04. The summed E-state index contributed by atoms with van der Waals surface area (Å²) in [6.07, 6.45) is 4.29. The van der Waals surface area contributed by atoms with E-state index < -0.39 is 0 Å². The van der Waals surface area contributed by atoms with Crippen LogP contribution in [0.4, 0.5) is 0 Å². The Morgan fingerprint density at radius 3 is 2.65 bits per heavy atom. The summed E-state index contributed by atoms with van der Waals surface area (Å²) >= 11 is 1.86. The van der Waals surface area contributed by atoms with E-state index in [9.17, 15) is 4.79 Å². The number of benzene rings is 1. The molecular weight excluding hydrogens is 268 g/mol. The van der Waals surface area contributed by atoms with E-state index in [1.807, 2.05) is 47.0 Å². The minimum Gasteiger partial charge on any atom is -0.325 e. The van der Waals surface area contributed by atoms with Crippen LogP contribution in [0, 0.1) is 0 Å². The van der Waals surface area contributed by atoms with Gasteiger partial charge in [-0.1, -0.05) is 44.2 Å². The predicted molar refractivity (Wildman–Crippen MR) is 85.7 cm³/mol. The molecule has 1 heterocycles. The fourth-order valence-electron chi connectivity index (χ4n) is 2.60. The number of rotatable bonds is 6. The van der Waals surface area contributed by atoms with E-state index in [1.165, 1.54) is 0 Å². The standard InChI is InChI=1S/C16H24N2OS/c1-4-14-17-15(13-8-6-5-7-9-13)16(19)18(14)11-10-12(2)20-3/h5-9,12,14-15,17H,4,10-11H2,1-3H3. The van der Waals surface area contributed by atoms with Crippen molar-refractivity contribution in [1.82, 2.24) is 10.2 Å². The summed E-state index contributed by atoms with van der Waals surface area (Å²) in [5.41, 5.74) is 1.07. The zero-order valence-electron chi connectivity index (χ0n) is 12.5. The monoisotopic (exact) mass is 292 g/mol. The van der Waals surface area contributed by atoms with E-state index in [0.29, 0.717) is 5.25 Å². The van der Waals surface area contributed by atoms with Gasteiger partial charge in [-0.05, 0) is 24.7 Å². The maximum Gasteiger partial charge on any atom is 0.245 e. The Balaban J connectivity index is 2.07. The second-order valence-electron chi connectivity index (χ2n) is 5.30. The third-order valence-electron chi connectivity index (χ3n) is 3.96. The molecule has 1 amide bonds. The Morgan fingerprint density at radius 1 is 1.35 bits per heavy atom. The number of thioether (sulfide) groups is 1. The lowest BCUT2D eigenvalue weighted by molar-refractivity contribution is -0.130. The molecule has 0 aliphatic carbocycles. The van der Waals surface area contributed by atoms with E-state index in [-0.39, 0.29) is 18.1 Å². The first kappa shape index (κ1) is 15.4. The van der Waals surface area contributed by atoms with E-state index in [0.717, 1.165) is 24.9 Å². The van der Waals surface area contributed by atoms with Crippen LogP contribution in [0.3, 0.4) is 0 Å². The Morgan fingerprint density at radius 2 is 2.05 bits per heavy atom. The molecule has 0 aromatic heterocycles. The summed E-state index contributed by atoms with van der Waals surface area (Å²) in [7, 11) is 0. The maximum atomic E-state index is 12.6. The molecule has 110 valence electrons. The SMILES string of the molecule is CCC1NC(c2ccccc2)C(=O)N1CCC(C)SC. The molecular formula is C16H24N2OS. The van der Waals surface area contributed by atoms with Crippen molar-refractivity contribution in [3.8, 4) is 0 Å². The Kier molecular flexibility index (Phi) is 5.49. The van der Waals surface area contributed by atoms with Gasteiger partial charge in [0.2, 0.25) is 5.91 Å². The summed E-state index contributed by atoms with van der Waals surface area (Å²) in [5, 5.41) is 4.06. The third-order valence-corrected chi connectivity index (χ3v) is 5.00. The summed E-state index contributed by atoms with van der Waals surface area (Å²) in [5.74, 6) is 0.219. The minimum absolute atomic E-state index is 0.168. The van der Waals surface area contributed by atoms with Crippen LogP contribution in [0.15, 0.2) is 30.3 Å². The van der Waals surface area contributed by atoms with Crippen molar-refractivity contribution >= 4 is 17.7 Å². The van der Waals surface area contributed by atoms with Gasteiger partial charge in [0.15, 0.2) is 0 Å². The zero-order valence-corrected chi connectivity index (χ0v) is 13.3. The molecule has 1 N–H and O–H groups in total. The van der Waals surface area contributed by atoms with Crippen LogP contribution in [0.5, 0.6) is 0 Å². The average Bonchev–Trinajstić information content (AvgIpc) is 2.82. The van der Waals surface area contributed by atoms with E-state index in [2.05, 4.69) is 25.4 Å². The van der Waals surface area contributed by atoms with Gasteiger partial charge in [-0.25, -0.2) is 0 Å². The van der Waals surface area contributed by atoms with Crippen LogP contribution in [-0.4, -0.2) is 35.0 Å². The number of nitrogens with one attached hydrogen (secondary N) is 1. The molecule has 0 saturated carbocycles. The Hall–Kier alpha value is -1.00. The topological polar surface area (TPSA) is 32.3 Å². The molecule has 0 radical (unpaired) electrons. The summed E-state index contributed by atoms with van der Waals surface area (Å²) in [4.78, 5) is 14.7. The lowest BCUT2D eigenvalue weighted by Gasteiger charge is -2.24. The first-order valence-corrected chi connectivity index (χ1v) is 8.60. The van der Waals surface area contributed by atoms with E-state index >= 15 is 0 Å². The van der Waals surface area contributed by atoms with E-state index in [1.54, 1.807) is 0 Å². The van der Waals surface area contributed by atoms with Gasteiger partial charge >= 0.3 is 0 Å². The first-order valence-electron chi connectivity index (χ1n) is 7.31. The van der Waals surface area contributed by atoms with Crippen molar-refractivity contribution in [2.24, 2.45) is 0 Å². The van der Waals surface area contributed by atoms with Gasteiger partial charge in [-0.15, -0.1) is 0 Å². The molecule has 2 rings (SSSR count). The summed E-state index contributed by atoms with van der Waals surface area (Å²) < 4.78 is 0. The fraction of sp³-hybridized carbons (Fsp3) is 0.562. The zero-order chi connectivity index (χ0) is 14.5. The number of nitrogens with zero attached hydrogens (tertiary/aromatic N) is 1. The second kappa shape index (κ2) is 7.14. The highest BCUT2D eigenvalue weighted by molar-refractivity contribution is 7.99. The number of amides is 1. The molecule has 3 unspecified atom stereocenters. The first-order chi connectivity index (χ1) is 9.67. The van der Waals surface area contributed by atoms with E-state index in [4.69, 9.17) is 0 Å². The highest BCUT2D eigenvalue weighted by Crippen LogP contribution is 2.26. The second-order valence-corrected chi connectivity index (χ2v) is 6.58. The molecule has 1 aliphatic rings. The summed E-state index contributed by atoms with van der Waals surface area (Å²) in [6, 6.07) is 9.84. The van der Waals surface area contributed by atoms with Crippen molar-refractivity contribution in [2.45, 2.75) is 44.1 Å². The lowest BCUT2D eigenvalue weighted by Crippen LogP contribution is -2.38. The molecule has 3 nitrogen and oxygen atoms in total. The van der Waals surface area contributed by atoms with Gasteiger partial charge in [-0.3, -0.25) is 10.1 Å². The number of hydrogen-bond donors (Lipinski definition) is 1. The molecule has 0 bridgehead atoms. The molecule has 1 fully saturated rings. The third kappa shape index (κ3) is 3.36. The lowest BCUT2D eigenvalue weighted by atomic mass is 10.1. The quantitative estimate of drug-likeness (QED) is 0.874. The normalized spacial score (nSPS) is 24.1. The smallest absolute Gasteiger partial charge is 0.245 e. The maximum absolute atomic E-state index is 12.6. The molecule has 0 spiro atoms. The van der Waals surface area contributed by atoms with Crippen molar-refractivity contribution in [3.05, 3.63) is 35.9 Å². The van der Waals surface area contributed by atoms with Crippen LogP contribution in [-0.2, 0) is 4.79 Å². The van der Waals surface area contributed by atoms with Crippen molar-refractivity contribution < 1.29 is 4.79 Å². The number of carbonyl (C=O) groups excluding carboxylic acids is 1. The highest BCUT2D eigenvalue weighted by atomic mass is 32.2. The van der Waals surface area contributed by atoms with Crippen LogP contribution in [0.2, 0.25) is 0 Å². The summed E-state index contributed by atoms with van der Waals surface area (Å²) in [6.45, 7) is 5.19. The largest absolute Gasteiger partial charge is 0.325 e. The van der Waals surface area contributed by atoms with Crippen molar-refractivity contribution in [3.63, 3.8) is 0 Å². The molecule has 3 atom stereocenters. The molecule has 1 aliphatic heterocycles. The minimum atomic E-state index is -0.175. The Labute approximate surface area is 126 Å². The van der Waals surface area contributed by atoms with Crippen LogP contribution in [0.25, 0.3) is 0 Å². The number of hydrogen-bond acceptors (Lipinski definition) is 3. The van der Waals surface area contributed by atoms with Crippen LogP contribution in [0.1, 0.15) is 38.3 Å². The fourth-order valence-corrected chi connectivity index (χ4v) is 2.94. The van der Waals surface area contributed by atoms with Gasteiger partial charge in [0.05, 0.1) is 6.17 Å². The van der Waals surface area contributed by atoms with Gasteiger partial charge in [0.25, 0.3) is 0 Å². The van der Waals surface area contributed by atoms with Gasteiger partial charge in [-0.2, -0.15) is 11.8 Å². The van der Waals surface area contributed by atoms with Crippen molar-refractivity contribution in [2.75, 3.05) is 12.8 Å². The van der Waals surface area contributed by atoms with Gasteiger partial charge in [0, 0.05) is 11.8 Å². The Bertz CT molecular complexity index is 437. The van der Waals surface area contributed by atoms with Crippen LogP contribution < -0.4 is 5.32 Å². The molecule has 20 heavy (non-hydrogen) atoms.